The number of carbonyl (C=O) groups excluding carboxylic acids is 1. The number of benzene rings is 1. The molecule has 2 aliphatic rings. The Hall–Kier alpha value is -3.02. The lowest BCUT2D eigenvalue weighted by Gasteiger charge is -2.34. The van der Waals surface area contributed by atoms with Crippen molar-refractivity contribution in [1.29, 1.82) is 0 Å². The van der Waals surface area contributed by atoms with Gasteiger partial charge in [0.2, 0.25) is 11.8 Å². The maximum absolute atomic E-state index is 12.7. The number of hydrogen-bond acceptors (Lipinski definition) is 5. The van der Waals surface area contributed by atoms with Gasteiger partial charge in [0.05, 0.1) is 19.2 Å². The number of piperidine rings is 1. The Morgan fingerprint density at radius 2 is 1.97 bits per heavy atom. The highest BCUT2D eigenvalue weighted by Gasteiger charge is 2.32. The Bertz CT molecular complexity index is 1030. The predicted octanol–water partition coefficient (Wildman–Crippen LogP) is 4.39. The van der Waals surface area contributed by atoms with Crippen molar-refractivity contribution in [3.8, 4) is 11.6 Å². The first kappa shape index (κ1) is 19.0. The molecule has 5 rings (SSSR count). The molecule has 0 N–H and O–H groups in total. The van der Waals surface area contributed by atoms with Crippen molar-refractivity contribution in [2.75, 3.05) is 31.7 Å². The Balaban J connectivity index is 1.32. The standard InChI is InChI=1S/C24H27N3O3/c1-29-19-14-21(20-9-13-27(22(20)15-19)24(28)18-5-6-18)26-11-7-17(8-12-26)16-30-23-4-2-3-10-25-23/h2-4,9-10,13-15,17-18H,5-8,11-12,16H2,1H3. The van der Waals surface area contributed by atoms with Gasteiger partial charge in [-0.2, -0.15) is 0 Å². The number of rotatable bonds is 6. The van der Waals surface area contributed by atoms with E-state index in [2.05, 4.69) is 22.0 Å². The van der Waals surface area contributed by atoms with Crippen LogP contribution in [0.2, 0.25) is 0 Å². The summed E-state index contributed by atoms with van der Waals surface area (Å²) in [6.45, 7) is 2.62. The SMILES string of the molecule is COc1cc(N2CCC(COc3ccccn3)CC2)c2ccn(C(=O)C3CC3)c2c1. The summed E-state index contributed by atoms with van der Waals surface area (Å²) in [7, 11) is 1.68. The monoisotopic (exact) mass is 405 g/mol. The van der Waals surface area contributed by atoms with Crippen LogP contribution in [-0.4, -0.2) is 42.3 Å². The van der Waals surface area contributed by atoms with Gasteiger partial charge in [-0.15, -0.1) is 0 Å². The highest BCUT2D eigenvalue weighted by Crippen LogP contribution is 2.37. The van der Waals surface area contributed by atoms with Gasteiger partial charge in [-0.3, -0.25) is 9.36 Å². The molecule has 0 bridgehead atoms. The van der Waals surface area contributed by atoms with E-state index in [-0.39, 0.29) is 11.8 Å². The number of ether oxygens (including phenoxy) is 2. The van der Waals surface area contributed by atoms with E-state index in [1.165, 1.54) is 0 Å². The first-order valence-corrected chi connectivity index (χ1v) is 10.7. The Morgan fingerprint density at radius 1 is 1.13 bits per heavy atom. The van der Waals surface area contributed by atoms with Crippen molar-refractivity contribution in [3.05, 3.63) is 48.8 Å². The van der Waals surface area contributed by atoms with E-state index in [9.17, 15) is 4.79 Å². The fourth-order valence-electron chi connectivity index (χ4n) is 4.27. The first-order valence-electron chi connectivity index (χ1n) is 10.7. The zero-order valence-electron chi connectivity index (χ0n) is 17.3. The Labute approximate surface area is 176 Å². The summed E-state index contributed by atoms with van der Waals surface area (Å²) in [4.78, 5) is 19.3. The molecule has 3 heterocycles. The van der Waals surface area contributed by atoms with Gasteiger partial charge >= 0.3 is 0 Å². The molecule has 2 fully saturated rings. The molecule has 156 valence electrons. The van der Waals surface area contributed by atoms with E-state index in [0.29, 0.717) is 18.4 Å². The largest absolute Gasteiger partial charge is 0.497 e. The maximum atomic E-state index is 12.7. The molecule has 0 radical (unpaired) electrons. The lowest BCUT2D eigenvalue weighted by Crippen LogP contribution is -2.35. The number of fused-ring (bicyclic) bond motifs is 1. The molecule has 1 aliphatic heterocycles. The normalized spacial score (nSPS) is 17.3. The van der Waals surface area contributed by atoms with Crippen LogP contribution in [0, 0.1) is 11.8 Å². The molecule has 1 saturated carbocycles. The van der Waals surface area contributed by atoms with Crippen molar-refractivity contribution in [1.82, 2.24) is 9.55 Å². The van der Waals surface area contributed by atoms with Crippen molar-refractivity contribution < 1.29 is 14.3 Å². The van der Waals surface area contributed by atoms with Gasteiger partial charge in [0, 0.05) is 60.7 Å². The average molecular weight is 405 g/mol. The molecule has 0 atom stereocenters. The zero-order chi connectivity index (χ0) is 20.5. The molecule has 2 aromatic heterocycles. The third kappa shape index (κ3) is 3.74. The van der Waals surface area contributed by atoms with Crippen molar-refractivity contribution in [2.45, 2.75) is 25.7 Å². The Kier molecular flexibility index (Phi) is 5.07. The summed E-state index contributed by atoms with van der Waals surface area (Å²) in [5, 5.41) is 1.12. The quantitative estimate of drug-likeness (QED) is 0.609. The van der Waals surface area contributed by atoms with E-state index < -0.39 is 0 Å². The highest BCUT2D eigenvalue weighted by molar-refractivity contribution is 6.01. The minimum atomic E-state index is 0.185. The summed E-state index contributed by atoms with van der Waals surface area (Å²) in [5.41, 5.74) is 2.10. The molecular weight excluding hydrogens is 378 g/mol. The number of hydrogen-bond donors (Lipinski definition) is 0. The molecule has 3 aromatic rings. The molecule has 1 aromatic carbocycles. The van der Waals surface area contributed by atoms with Crippen LogP contribution in [0.3, 0.4) is 0 Å². The van der Waals surface area contributed by atoms with E-state index in [0.717, 1.165) is 61.1 Å². The first-order chi connectivity index (χ1) is 14.7. The zero-order valence-corrected chi connectivity index (χ0v) is 17.3. The molecular formula is C24H27N3O3. The summed E-state index contributed by atoms with van der Waals surface area (Å²) in [6.07, 6.45) is 7.81. The molecule has 0 unspecified atom stereocenters. The predicted molar refractivity (Wildman–Crippen MR) is 117 cm³/mol. The summed E-state index contributed by atoms with van der Waals surface area (Å²) < 4.78 is 13.2. The van der Waals surface area contributed by atoms with E-state index in [4.69, 9.17) is 9.47 Å². The minimum absolute atomic E-state index is 0.185. The molecule has 6 nitrogen and oxygen atoms in total. The van der Waals surface area contributed by atoms with E-state index in [1.807, 2.05) is 35.0 Å². The minimum Gasteiger partial charge on any atom is -0.497 e. The smallest absolute Gasteiger partial charge is 0.234 e. The molecule has 0 amide bonds. The fraction of sp³-hybridized carbons (Fsp3) is 0.417. The number of aromatic nitrogens is 2. The third-order valence-corrected chi connectivity index (χ3v) is 6.22. The maximum Gasteiger partial charge on any atom is 0.234 e. The second kappa shape index (κ2) is 8.01. The molecule has 30 heavy (non-hydrogen) atoms. The number of anilines is 1. The van der Waals surface area contributed by atoms with Crippen molar-refractivity contribution in [3.63, 3.8) is 0 Å². The van der Waals surface area contributed by atoms with Crippen LogP contribution in [0.1, 0.15) is 30.5 Å². The van der Waals surface area contributed by atoms with Crippen molar-refractivity contribution >= 4 is 22.5 Å². The molecule has 1 saturated heterocycles. The van der Waals surface area contributed by atoms with E-state index in [1.54, 1.807) is 13.3 Å². The van der Waals surface area contributed by atoms with Crippen LogP contribution in [0.4, 0.5) is 5.69 Å². The number of nitrogens with zero attached hydrogens (tertiary/aromatic N) is 3. The van der Waals surface area contributed by atoms with Crippen LogP contribution in [0.5, 0.6) is 11.6 Å². The van der Waals surface area contributed by atoms with Gasteiger partial charge in [0.15, 0.2) is 0 Å². The third-order valence-electron chi connectivity index (χ3n) is 6.22. The van der Waals surface area contributed by atoms with Crippen LogP contribution in [0.25, 0.3) is 10.9 Å². The van der Waals surface area contributed by atoms with Crippen LogP contribution in [-0.2, 0) is 0 Å². The van der Waals surface area contributed by atoms with Crippen LogP contribution >= 0.6 is 0 Å². The molecule has 6 heteroatoms. The van der Waals surface area contributed by atoms with Gasteiger partial charge in [-0.05, 0) is 43.7 Å². The van der Waals surface area contributed by atoms with Crippen LogP contribution < -0.4 is 14.4 Å². The van der Waals surface area contributed by atoms with Gasteiger partial charge < -0.3 is 14.4 Å². The lowest BCUT2D eigenvalue weighted by molar-refractivity contribution is 0.0891. The summed E-state index contributed by atoms with van der Waals surface area (Å²) >= 11 is 0. The molecule has 1 aliphatic carbocycles. The number of carbonyl (C=O) groups is 1. The summed E-state index contributed by atoms with van der Waals surface area (Å²) in [6, 6.07) is 11.9. The average Bonchev–Trinajstić information content (AvgIpc) is 3.57. The fourth-order valence-corrected chi connectivity index (χ4v) is 4.27. The molecule has 0 spiro atoms. The summed E-state index contributed by atoms with van der Waals surface area (Å²) in [5.74, 6) is 2.39. The van der Waals surface area contributed by atoms with Crippen molar-refractivity contribution in [2.24, 2.45) is 11.8 Å². The van der Waals surface area contributed by atoms with E-state index >= 15 is 0 Å². The van der Waals surface area contributed by atoms with Gasteiger partial charge in [0.1, 0.15) is 5.75 Å². The second-order valence-corrected chi connectivity index (χ2v) is 8.29. The second-order valence-electron chi connectivity index (χ2n) is 8.29. The highest BCUT2D eigenvalue weighted by atomic mass is 16.5. The number of methoxy groups -OCH3 is 1. The van der Waals surface area contributed by atoms with Gasteiger partial charge in [0.25, 0.3) is 0 Å². The van der Waals surface area contributed by atoms with Gasteiger partial charge in [-0.25, -0.2) is 4.98 Å². The Morgan fingerprint density at radius 3 is 2.67 bits per heavy atom. The van der Waals surface area contributed by atoms with Crippen LogP contribution in [0.15, 0.2) is 48.8 Å². The van der Waals surface area contributed by atoms with Gasteiger partial charge in [-0.1, -0.05) is 6.07 Å². The lowest BCUT2D eigenvalue weighted by atomic mass is 9.97. The topological polar surface area (TPSA) is 56.6 Å². The number of pyridine rings is 1.